The van der Waals surface area contributed by atoms with Gasteiger partial charge in [-0.05, 0) is 19.3 Å². The average Bonchev–Trinajstić information content (AvgIpc) is 2.43. The van der Waals surface area contributed by atoms with Crippen LogP contribution in [0.3, 0.4) is 0 Å². The first-order chi connectivity index (χ1) is 8.69. The van der Waals surface area contributed by atoms with Crippen molar-refractivity contribution in [2.75, 3.05) is 18.5 Å². The van der Waals surface area contributed by atoms with Gasteiger partial charge in [0, 0.05) is 12.6 Å². The van der Waals surface area contributed by atoms with Gasteiger partial charge in [-0.3, -0.25) is 0 Å². The van der Waals surface area contributed by atoms with Gasteiger partial charge in [0.1, 0.15) is 12.1 Å². The molecule has 1 aromatic rings. The van der Waals surface area contributed by atoms with Crippen LogP contribution in [0.2, 0.25) is 0 Å². The number of nitrogens with zero attached hydrogens (tertiary/aromatic N) is 2. The van der Waals surface area contributed by atoms with E-state index < -0.39 is 0 Å². The molecule has 1 heterocycles. The molecule has 3 N–H and O–H groups in total. The summed E-state index contributed by atoms with van der Waals surface area (Å²) in [5.41, 5.74) is 5.76. The lowest BCUT2D eigenvalue weighted by Crippen LogP contribution is -2.44. The van der Waals surface area contributed by atoms with Gasteiger partial charge in [0.05, 0.1) is 12.1 Å². The van der Waals surface area contributed by atoms with Crippen molar-refractivity contribution in [3.05, 3.63) is 12.4 Å². The Morgan fingerprint density at radius 2 is 2.00 bits per heavy atom. The predicted octanol–water partition coefficient (Wildman–Crippen LogP) is 2.19. The van der Waals surface area contributed by atoms with Crippen LogP contribution in [-0.4, -0.2) is 28.7 Å². The van der Waals surface area contributed by atoms with Crippen LogP contribution in [0, 0.1) is 0 Å². The average molecular weight is 252 g/mol. The maximum Gasteiger partial charge on any atom is 0.218 e. The quantitative estimate of drug-likeness (QED) is 0.742. The number of ether oxygens (including phenoxy) is 1. The summed E-state index contributed by atoms with van der Waals surface area (Å²) in [5.74, 6) is 1.37. The SMILES string of the molecule is CCCOc1cc(NC(CC)(CC)CN)ncn1. The highest BCUT2D eigenvalue weighted by atomic mass is 16.5. The smallest absolute Gasteiger partial charge is 0.218 e. The Morgan fingerprint density at radius 3 is 2.56 bits per heavy atom. The highest BCUT2D eigenvalue weighted by Crippen LogP contribution is 2.21. The fourth-order valence-electron chi connectivity index (χ4n) is 1.73. The third-order valence-corrected chi connectivity index (χ3v) is 3.23. The number of nitrogens with two attached hydrogens (primary N) is 1. The molecule has 0 saturated carbocycles. The fraction of sp³-hybridized carbons (Fsp3) is 0.692. The van der Waals surface area contributed by atoms with Gasteiger partial charge in [0.2, 0.25) is 5.88 Å². The molecule has 0 aliphatic heterocycles. The summed E-state index contributed by atoms with van der Waals surface area (Å²) in [6, 6.07) is 1.82. The molecule has 5 nitrogen and oxygen atoms in total. The molecule has 0 aliphatic carbocycles. The van der Waals surface area contributed by atoms with Crippen molar-refractivity contribution in [3.63, 3.8) is 0 Å². The van der Waals surface area contributed by atoms with Crippen molar-refractivity contribution in [1.29, 1.82) is 0 Å². The number of hydrogen-bond acceptors (Lipinski definition) is 5. The van der Waals surface area contributed by atoms with Crippen LogP contribution in [0.5, 0.6) is 5.88 Å². The van der Waals surface area contributed by atoms with Crippen LogP contribution in [-0.2, 0) is 0 Å². The van der Waals surface area contributed by atoms with Gasteiger partial charge in [-0.1, -0.05) is 20.8 Å². The Kier molecular flexibility index (Phi) is 5.85. The lowest BCUT2D eigenvalue weighted by Gasteiger charge is -2.32. The van der Waals surface area contributed by atoms with Crippen molar-refractivity contribution in [1.82, 2.24) is 9.97 Å². The Hall–Kier alpha value is -1.36. The Labute approximate surface area is 109 Å². The molecule has 0 radical (unpaired) electrons. The maximum atomic E-state index is 5.86. The van der Waals surface area contributed by atoms with Gasteiger partial charge in [0.25, 0.3) is 0 Å². The Balaban J connectivity index is 2.77. The van der Waals surface area contributed by atoms with E-state index in [9.17, 15) is 0 Å². The van der Waals surface area contributed by atoms with Gasteiger partial charge >= 0.3 is 0 Å². The molecule has 0 bridgehead atoms. The first kappa shape index (κ1) is 14.7. The topological polar surface area (TPSA) is 73.1 Å². The van der Waals surface area contributed by atoms with E-state index in [0.29, 0.717) is 19.0 Å². The minimum atomic E-state index is -0.101. The van der Waals surface area contributed by atoms with Gasteiger partial charge < -0.3 is 15.8 Å². The summed E-state index contributed by atoms with van der Waals surface area (Å²) in [5, 5.41) is 3.40. The standard InChI is InChI=1S/C13H24N4O/c1-4-7-18-12-8-11(15-10-16-12)17-13(5-2,6-3)9-14/h8,10H,4-7,9,14H2,1-3H3,(H,15,16,17). The number of hydrogen-bond donors (Lipinski definition) is 2. The van der Waals surface area contributed by atoms with Crippen molar-refractivity contribution >= 4 is 5.82 Å². The highest BCUT2D eigenvalue weighted by molar-refractivity contribution is 5.40. The van der Waals surface area contributed by atoms with E-state index in [1.807, 2.05) is 6.07 Å². The molecule has 0 fully saturated rings. The summed E-state index contributed by atoms with van der Waals surface area (Å²) in [7, 11) is 0. The van der Waals surface area contributed by atoms with Crippen LogP contribution < -0.4 is 15.8 Å². The second kappa shape index (κ2) is 7.16. The summed E-state index contributed by atoms with van der Waals surface area (Å²) < 4.78 is 5.49. The highest BCUT2D eigenvalue weighted by Gasteiger charge is 2.24. The summed E-state index contributed by atoms with van der Waals surface area (Å²) in [6.45, 7) is 7.56. The molecule has 0 aliphatic rings. The van der Waals surface area contributed by atoms with Gasteiger partial charge in [-0.15, -0.1) is 0 Å². The maximum absolute atomic E-state index is 5.86. The van der Waals surface area contributed by atoms with Gasteiger partial charge in [-0.25, -0.2) is 9.97 Å². The monoisotopic (exact) mass is 252 g/mol. The minimum Gasteiger partial charge on any atom is -0.478 e. The van der Waals surface area contributed by atoms with E-state index in [0.717, 1.165) is 25.1 Å². The third kappa shape index (κ3) is 3.84. The Bertz CT molecular complexity index is 344. The number of nitrogens with one attached hydrogen (secondary N) is 1. The van der Waals surface area contributed by atoms with Crippen LogP contribution in [0.1, 0.15) is 40.0 Å². The number of rotatable bonds is 8. The fourth-order valence-corrected chi connectivity index (χ4v) is 1.73. The molecule has 0 unspecified atom stereocenters. The molecule has 5 heteroatoms. The van der Waals surface area contributed by atoms with E-state index in [1.54, 1.807) is 0 Å². The van der Waals surface area contributed by atoms with E-state index in [4.69, 9.17) is 10.5 Å². The minimum absolute atomic E-state index is 0.101. The van der Waals surface area contributed by atoms with E-state index in [-0.39, 0.29) is 5.54 Å². The van der Waals surface area contributed by atoms with Crippen LogP contribution in [0.4, 0.5) is 5.82 Å². The third-order valence-electron chi connectivity index (χ3n) is 3.23. The van der Waals surface area contributed by atoms with E-state index >= 15 is 0 Å². The van der Waals surface area contributed by atoms with E-state index in [1.165, 1.54) is 6.33 Å². The molecule has 0 saturated heterocycles. The summed E-state index contributed by atoms with van der Waals surface area (Å²) in [6.07, 6.45) is 4.38. The Morgan fingerprint density at radius 1 is 1.28 bits per heavy atom. The lowest BCUT2D eigenvalue weighted by molar-refractivity contribution is 0.304. The van der Waals surface area contributed by atoms with Gasteiger partial charge in [0.15, 0.2) is 0 Å². The van der Waals surface area contributed by atoms with Crippen molar-refractivity contribution in [3.8, 4) is 5.88 Å². The van der Waals surface area contributed by atoms with Crippen molar-refractivity contribution in [2.24, 2.45) is 5.73 Å². The van der Waals surface area contributed by atoms with Crippen molar-refractivity contribution in [2.45, 2.75) is 45.6 Å². The summed E-state index contributed by atoms with van der Waals surface area (Å²) in [4.78, 5) is 8.30. The zero-order valence-electron chi connectivity index (χ0n) is 11.6. The van der Waals surface area contributed by atoms with Crippen LogP contribution >= 0.6 is 0 Å². The number of anilines is 1. The van der Waals surface area contributed by atoms with Crippen molar-refractivity contribution < 1.29 is 4.74 Å². The molecule has 0 atom stereocenters. The molecule has 0 aromatic carbocycles. The number of aromatic nitrogens is 2. The zero-order valence-corrected chi connectivity index (χ0v) is 11.6. The molecule has 1 rings (SSSR count). The first-order valence-corrected chi connectivity index (χ1v) is 6.62. The molecule has 102 valence electrons. The van der Waals surface area contributed by atoms with Crippen LogP contribution in [0.15, 0.2) is 12.4 Å². The molecule has 0 amide bonds. The molecule has 1 aromatic heterocycles. The predicted molar refractivity (Wildman–Crippen MR) is 73.8 cm³/mol. The summed E-state index contributed by atoms with van der Waals surface area (Å²) >= 11 is 0. The van der Waals surface area contributed by atoms with Crippen LogP contribution in [0.25, 0.3) is 0 Å². The zero-order chi connectivity index (χ0) is 13.4. The molecular weight excluding hydrogens is 228 g/mol. The second-order valence-electron chi connectivity index (χ2n) is 4.41. The van der Waals surface area contributed by atoms with E-state index in [2.05, 4.69) is 36.1 Å². The molecular formula is C13H24N4O. The van der Waals surface area contributed by atoms with Gasteiger partial charge in [-0.2, -0.15) is 0 Å². The first-order valence-electron chi connectivity index (χ1n) is 6.62. The molecule has 0 spiro atoms. The normalized spacial score (nSPS) is 11.3. The second-order valence-corrected chi connectivity index (χ2v) is 4.41. The largest absolute Gasteiger partial charge is 0.478 e. The molecule has 18 heavy (non-hydrogen) atoms. The lowest BCUT2D eigenvalue weighted by atomic mass is 9.93.